The second-order valence-electron chi connectivity index (χ2n) is 6.12. The summed E-state index contributed by atoms with van der Waals surface area (Å²) in [4.78, 5) is 28.0. The van der Waals surface area contributed by atoms with Crippen LogP contribution in [0.3, 0.4) is 0 Å². The van der Waals surface area contributed by atoms with E-state index < -0.39 is 0 Å². The number of carbonyl (C=O) groups excluding carboxylic acids is 2. The number of hydrogen-bond acceptors (Lipinski definition) is 4. The molecule has 1 aliphatic heterocycles. The maximum Gasteiger partial charge on any atom is 0.322 e. The van der Waals surface area contributed by atoms with E-state index in [9.17, 15) is 9.59 Å². The summed E-state index contributed by atoms with van der Waals surface area (Å²) in [7, 11) is 1.58. The Morgan fingerprint density at radius 2 is 1.83 bits per heavy atom. The molecule has 7 nitrogen and oxygen atoms in total. The summed E-state index contributed by atoms with van der Waals surface area (Å²) in [6.45, 7) is 6.82. The molecule has 24 heavy (non-hydrogen) atoms. The van der Waals surface area contributed by atoms with Crippen molar-refractivity contribution in [2.45, 2.75) is 19.9 Å². The zero-order chi connectivity index (χ0) is 17.5. The second kappa shape index (κ2) is 8.54. The Morgan fingerprint density at radius 3 is 2.46 bits per heavy atom. The van der Waals surface area contributed by atoms with Gasteiger partial charge in [-0.1, -0.05) is 12.1 Å². The fourth-order valence-electron chi connectivity index (χ4n) is 2.62. The number of benzene rings is 1. The molecule has 132 valence electrons. The minimum absolute atomic E-state index is 0.0249. The number of para-hydroxylation sites is 2. The van der Waals surface area contributed by atoms with Gasteiger partial charge in [0.1, 0.15) is 5.75 Å². The molecule has 0 atom stereocenters. The molecule has 0 unspecified atom stereocenters. The number of nitrogens with zero attached hydrogens (tertiary/aromatic N) is 2. The van der Waals surface area contributed by atoms with Crippen LogP contribution in [0.1, 0.15) is 13.8 Å². The van der Waals surface area contributed by atoms with Crippen molar-refractivity contribution in [2.75, 3.05) is 45.2 Å². The van der Waals surface area contributed by atoms with E-state index in [1.807, 2.05) is 32.0 Å². The van der Waals surface area contributed by atoms with Crippen molar-refractivity contribution in [1.82, 2.24) is 15.1 Å². The molecular formula is C17H26N4O3. The van der Waals surface area contributed by atoms with Gasteiger partial charge < -0.3 is 20.3 Å². The number of urea groups is 1. The van der Waals surface area contributed by atoms with Crippen LogP contribution >= 0.6 is 0 Å². The number of carbonyl (C=O) groups is 2. The van der Waals surface area contributed by atoms with Crippen LogP contribution in [0.25, 0.3) is 0 Å². The maximum absolute atomic E-state index is 12.4. The standard InChI is InChI=1S/C17H26N4O3/c1-13(2)18-16(22)12-20-8-10-21(11-9-20)17(23)19-14-6-4-5-7-15(14)24-3/h4-7,13H,8-12H2,1-3H3,(H,18,22)(H,19,23). The van der Waals surface area contributed by atoms with Gasteiger partial charge in [0.2, 0.25) is 5.91 Å². The third-order valence-corrected chi connectivity index (χ3v) is 3.82. The molecule has 1 aliphatic rings. The molecule has 3 amide bonds. The molecule has 0 aliphatic carbocycles. The van der Waals surface area contributed by atoms with Crippen LogP contribution in [-0.2, 0) is 4.79 Å². The lowest BCUT2D eigenvalue weighted by Gasteiger charge is -2.34. The van der Waals surface area contributed by atoms with Crippen molar-refractivity contribution in [3.8, 4) is 5.75 Å². The first-order chi connectivity index (χ1) is 11.5. The van der Waals surface area contributed by atoms with Gasteiger partial charge in [-0.2, -0.15) is 0 Å². The summed E-state index contributed by atoms with van der Waals surface area (Å²) >= 11 is 0. The molecule has 0 aromatic heterocycles. The molecule has 1 heterocycles. The van der Waals surface area contributed by atoms with Gasteiger partial charge in [-0.05, 0) is 26.0 Å². The fraction of sp³-hybridized carbons (Fsp3) is 0.529. The molecule has 1 fully saturated rings. The number of nitrogens with one attached hydrogen (secondary N) is 2. The highest BCUT2D eigenvalue weighted by Crippen LogP contribution is 2.23. The van der Waals surface area contributed by atoms with Crippen LogP contribution in [0.5, 0.6) is 5.75 Å². The minimum atomic E-state index is -0.147. The molecule has 7 heteroatoms. The molecule has 1 aromatic carbocycles. The third-order valence-electron chi connectivity index (χ3n) is 3.82. The highest BCUT2D eigenvalue weighted by Gasteiger charge is 2.23. The Labute approximate surface area is 142 Å². The summed E-state index contributed by atoms with van der Waals surface area (Å²) in [6.07, 6.45) is 0. The molecule has 0 spiro atoms. The van der Waals surface area contributed by atoms with Crippen LogP contribution in [0, 0.1) is 0 Å². The first-order valence-corrected chi connectivity index (χ1v) is 8.20. The van der Waals surface area contributed by atoms with E-state index in [-0.39, 0.29) is 18.0 Å². The Hall–Kier alpha value is -2.28. The number of methoxy groups -OCH3 is 1. The van der Waals surface area contributed by atoms with E-state index in [1.165, 1.54) is 0 Å². The molecule has 0 radical (unpaired) electrons. The van der Waals surface area contributed by atoms with Gasteiger partial charge in [-0.15, -0.1) is 0 Å². The highest BCUT2D eigenvalue weighted by molar-refractivity contribution is 5.91. The Morgan fingerprint density at radius 1 is 1.17 bits per heavy atom. The van der Waals surface area contributed by atoms with E-state index in [0.29, 0.717) is 44.2 Å². The summed E-state index contributed by atoms with van der Waals surface area (Å²) in [5.74, 6) is 0.659. The van der Waals surface area contributed by atoms with Crippen molar-refractivity contribution in [2.24, 2.45) is 0 Å². The van der Waals surface area contributed by atoms with Crippen LogP contribution in [0.15, 0.2) is 24.3 Å². The van der Waals surface area contributed by atoms with Crippen molar-refractivity contribution < 1.29 is 14.3 Å². The van der Waals surface area contributed by atoms with Gasteiger partial charge in [0.15, 0.2) is 0 Å². The van der Waals surface area contributed by atoms with Gasteiger partial charge in [0.25, 0.3) is 0 Å². The van der Waals surface area contributed by atoms with Crippen molar-refractivity contribution >= 4 is 17.6 Å². The quantitative estimate of drug-likeness (QED) is 0.853. The van der Waals surface area contributed by atoms with Gasteiger partial charge >= 0.3 is 6.03 Å². The number of ether oxygens (including phenoxy) is 1. The van der Waals surface area contributed by atoms with Crippen LogP contribution in [0.2, 0.25) is 0 Å². The van der Waals surface area contributed by atoms with Gasteiger partial charge in [0.05, 0.1) is 19.3 Å². The maximum atomic E-state index is 12.4. The predicted octanol–water partition coefficient (Wildman–Crippen LogP) is 1.37. The first kappa shape index (κ1) is 18.1. The lowest BCUT2D eigenvalue weighted by atomic mass is 10.3. The molecular weight excluding hydrogens is 308 g/mol. The van der Waals surface area contributed by atoms with E-state index >= 15 is 0 Å². The molecule has 0 bridgehead atoms. The number of anilines is 1. The zero-order valence-electron chi connectivity index (χ0n) is 14.5. The minimum Gasteiger partial charge on any atom is -0.495 e. The lowest BCUT2D eigenvalue weighted by Crippen LogP contribution is -2.52. The first-order valence-electron chi connectivity index (χ1n) is 8.20. The summed E-state index contributed by atoms with van der Waals surface area (Å²) in [6, 6.07) is 7.32. The van der Waals surface area contributed by atoms with Gasteiger partial charge in [-0.3, -0.25) is 9.69 Å². The fourth-order valence-corrected chi connectivity index (χ4v) is 2.62. The topological polar surface area (TPSA) is 73.9 Å². The van der Waals surface area contributed by atoms with E-state index in [0.717, 1.165) is 0 Å². The monoisotopic (exact) mass is 334 g/mol. The average molecular weight is 334 g/mol. The summed E-state index contributed by atoms with van der Waals surface area (Å²) in [5.41, 5.74) is 0.656. The van der Waals surface area contributed by atoms with Crippen LogP contribution in [-0.4, -0.2) is 67.6 Å². The normalized spacial score (nSPS) is 15.2. The van der Waals surface area contributed by atoms with Crippen LogP contribution < -0.4 is 15.4 Å². The number of amides is 3. The van der Waals surface area contributed by atoms with E-state index in [1.54, 1.807) is 18.1 Å². The third kappa shape index (κ3) is 5.13. The number of rotatable bonds is 5. The Bertz CT molecular complexity index is 569. The van der Waals surface area contributed by atoms with Gasteiger partial charge in [-0.25, -0.2) is 4.79 Å². The molecule has 2 rings (SSSR count). The number of piperazine rings is 1. The van der Waals surface area contributed by atoms with Crippen molar-refractivity contribution in [3.63, 3.8) is 0 Å². The Kier molecular flexibility index (Phi) is 6.43. The van der Waals surface area contributed by atoms with Crippen molar-refractivity contribution in [3.05, 3.63) is 24.3 Å². The largest absolute Gasteiger partial charge is 0.495 e. The molecule has 1 aromatic rings. The summed E-state index contributed by atoms with van der Waals surface area (Å²) < 4.78 is 5.24. The van der Waals surface area contributed by atoms with Crippen molar-refractivity contribution in [1.29, 1.82) is 0 Å². The second-order valence-corrected chi connectivity index (χ2v) is 6.12. The highest BCUT2D eigenvalue weighted by atomic mass is 16.5. The molecule has 2 N–H and O–H groups in total. The molecule has 0 saturated carbocycles. The predicted molar refractivity (Wildman–Crippen MR) is 93.3 cm³/mol. The summed E-state index contributed by atoms with van der Waals surface area (Å²) in [5, 5.41) is 5.76. The number of hydrogen-bond donors (Lipinski definition) is 2. The zero-order valence-corrected chi connectivity index (χ0v) is 14.5. The SMILES string of the molecule is COc1ccccc1NC(=O)N1CCN(CC(=O)NC(C)C)CC1. The average Bonchev–Trinajstić information content (AvgIpc) is 2.55. The lowest BCUT2D eigenvalue weighted by molar-refractivity contribution is -0.123. The van der Waals surface area contributed by atoms with Crippen LogP contribution in [0.4, 0.5) is 10.5 Å². The van der Waals surface area contributed by atoms with E-state index in [2.05, 4.69) is 15.5 Å². The Balaban J connectivity index is 1.81. The van der Waals surface area contributed by atoms with E-state index in [4.69, 9.17) is 4.74 Å². The van der Waals surface area contributed by atoms with Gasteiger partial charge in [0, 0.05) is 32.2 Å². The molecule has 1 saturated heterocycles. The smallest absolute Gasteiger partial charge is 0.322 e.